The van der Waals surface area contributed by atoms with E-state index in [1.807, 2.05) is 13.8 Å². The SMILES string of the molecule is CC(C)CC(=O)Nc1sc2c(c1C(=O)NCCC(=O)O)CCC2. The van der Waals surface area contributed by atoms with Gasteiger partial charge in [-0.1, -0.05) is 13.8 Å². The number of carboxylic acids is 1. The Kier molecular flexibility index (Phi) is 5.76. The van der Waals surface area contributed by atoms with E-state index >= 15 is 0 Å². The van der Waals surface area contributed by atoms with Crippen LogP contribution in [-0.2, 0) is 22.4 Å². The zero-order valence-electron chi connectivity index (χ0n) is 13.4. The van der Waals surface area contributed by atoms with Crippen LogP contribution in [0.5, 0.6) is 0 Å². The molecule has 0 saturated carbocycles. The molecule has 0 atom stereocenters. The molecule has 1 heterocycles. The van der Waals surface area contributed by atoms with Gasteiger partial charge in [-0.25, -0.2) is 0 Å². The van der Waals surface area contributed by atoms with Crippen LogP contribution in [0.15, 0.2) is 0 Å². The number of hydrogen-bond donors (Lipinski definition) is 3. The van der Waals surface area contributed by atoms with Crippen LogP contribution >= 0.6 is 11.3 Å². The first-order valence-electron chi connectivity index (χ1n) is 7.82. The van der Waals surface area contributed by atoms with Gasteiger partial charge >= 0.3 is 5.97 Å². The highest BCUT2D eigenvalue weighted by Crippen LogP contribution is 2.39. The number of amides is 2. The Hall–Kier alpha value is -1.89. The smallest absolute Gasteiger partial charge is 0.305 e. The molecule has 0 unspecified atom stereocenters. The predicted molar refractivity (Wildman–Crippen MR) is 89.0 cm³/mol. The summed E-state index contributed by atoms with van der Waals surface area (Å²) in [7, 11) is 0. The number of carbonyl (C=O) groups excluding carboxylic acids is 2. The van der Waals surface area contributed by atoms with Crippen molar-refractivity contribution in [2.24, 2.45) is 5.92 Å². The lowest BCUT2D eigenvalue weighted by Gasteiger charge is -2.10. The fourth-order valence-corrected chi connectivity index (χ4v) is 3.96. The van der Waals surface area contributed by atoms with Gasteiger partial charge in [0.05, 0.1) is 12.0 Å². The van der Waals surface area contributed by atoms with E-state index in [1.165, 1.54) is 11.3 Å². The number of aliphatic carboxylic acids is 1. The summed E-state index contributed by atoms with van der Waals surface area (Å²) in [6.07, 6.45) is 3.05. The topological polar surface area (TPSA) is 95.5 Å². The first-order chi connectivity index (χ1) is 10.9. The Morgan fingerprint density at radius 1 is 1.26 bits per heavy atom. The summed E-state index contributed by atoms with van der Waals surface area (Å²) in [5.74, 6) is -1.11. The van der Waals surface area contributed by atoms with Crippen molar-refractivity contribution >= 4 is 34.1 Å². The maximum Gasteiger partial charge on any atom is 0.305 e. The number of anilines is 1. The quantitative estimate of drug-likeness (QED) is 0.711. The van der Waals surface area contributed by atoms with Gasteiger partial charge in [0.1, 0.15) is 5.00 Å². The molecule has 7 heteroatoms. The van der Waals surface area contributed by atoms with Crippen LogP contribution in [0.2, 0.25) is 0 Å². The summed E-state index contributed by atoms with van der Waals surface area (Å²) >= 11 is 1.46. The molecule has 3 N–H and O–H groups in total. The molecule has 1 aliphatic rings. The third kappa shape index (κ3) is 4.54. The van der Waals surface area contributed by atoms with E-state index in [-0.39, 0.29) is 30.7 Å². The molecule has 2 amide bonds. The van der Waals surface area contributed by atoms with Gasteiger partial charge in [0.15, 0.2) is 0 Å². The van der Waals surface area contributed by atoms with Gasteiger partial charge in [-0.3, -0.25) is 14.4 Å². The van der Waals surface area contributed by atoms with E-state index in [2.05, 4.69) is 10.6 Å². The molecule has 126 valence electrons. The molecule has 1 aromatic rings. The molecule has 2 rings (SSSR count). The molecule has 0 fully saturated rings. The van der Waals surface area contributed by atoms with Crippen molar-refractivity contribution in [1.82, 2.24) is 5.32 Å². The number of rotatable bonds is 7. The van der Waals surface area contributed by atoms with Crippen LogP contribution in [0.25, 0.3) is 0 Å². The highest BCUT2D eigenvalue weighted by molar-refractivity contribution is 7.17. The Bertz CT molecular complexity index is 622. The van der Waals surface area contributed by atoms with Crippen molar-refractivity contribution in [2.75, 3.05) is 11.9 Å². The van der Waals surface area contributed by atoms with Crippen molar-refractivity contribution in [1.29, 1.82) is 0 Å². The number of hydrogen-bond acceptors (Lipinski definition) is 4. The average molecular weight is 338 g/mol. The molecule has 1 aromatic heterocycles. The normalized spacial score (nSPS) is 13.0. The summed E-state index contributed by atoms with van der Waals surface area (Å²) in [6.45, 7) is 4.01. The van der Waals surface area contributed by atoms with Crippen molar-refractivity contribution < 1.29 is 19.5 Å². The lowest BCUT2D eigenvalue weighted by atomic mass is 10.1. The number of fused-ring (bicyclic) bond motifs is 1. The number of thiophene rings is 1. The minimum absolute atomic E-state index is 0.0815. The fraction of sp³-hybridized carbons (Fsp3) is 0.562. The maximum absolute atomic E-state index is 12.4. The standard InChI is InChI=1S/C16H22N2O4S/c1-9(2)8-12(19)18-16-14(10-4-3-5-11(10)23-16)15(22)17-7-6-13(20)21/h9H,3-8H2,1-2H3,(H,17,22)(H,18,19)(H,20,21). The predicted octanol–water partition coefficient (Wildman–Crippen LogP) is 2.43. The van der Waals surface area contributed by atoms with E-state index in [0.29, 0.717) is 17.0 Å². The summed E-state index contributed by atoms with van der Waals surface area (Å²) in [5, 5.41) is 14.7. The van der Waals surface area contributed by atoms with Gasteiger partial charge in [0, 0.05) is 17.8 Å². The van der Waals surface area contributed by atoms with E-state index < -0.39 is 5.97 Å². The largest absolute Gasteiger partial charge is 0.481 e. The van der Waals surface area contributed by atoms with E-state index in [0.717, 1.165) is 29.7 Å². The van der Waals surface area contributed by atoms with Gasteiger partial charge in [-0.15, -0.1) is 11.3 Å². The Morgan fingerprint density at radius 3 is 2.65 bits per heavy atom. The molecular weight excluding hydrogens is 316 g/mol. The zero-order valence-corrected chi connectivity index (χ0v) is 14.2. The van der Waals surface area contributed by atoms with Crippen LogP contribution < -0.4 is 10.6 Å². The summed E-state index contributed by atoms with van der Waals surface area (Å²) in [4.78, 5) is 36.1. The molecule has 0 bridgehead atoms. The highest BCUT2D eigenvalue weighted by Gasteiger charge is 2.27. The van der Waals surface area contributed by atoms with Crippen LogP contribution in [-0.4, -0.2) is 29.4 Å². The second-order valence-electron chi connectivity index (χ2n) is 6.11. The van der Waals surface area contributed by atoms with Crippen LogP contribution in [0.4, 0.5) is 5.00 Å². The van der Waals surface area contributed by atoms with Crippen LogP contribution in [0.3, 0.4) is 0 Å². The first kappa shape index (κ1) is 17.5. The second kappa shape index (κ2) is 7.59. The van der Waals surface area contributed by atoms with Gasteiger partial charge in [0.2, 0.25) is 5.91 Å². The molecule has 0 spiro atoms. The highest BCUT2D eigenvalue weighted by atomic mass is 32.1. The number of carbonyl (C=O) groups is 3. The first-order valence-corrected chi connectivity index (χ1v) is 8.64. The van der Waals surface area contributed by atoms with Crippen molar-refractivity contribution in [2.45, 2.75) is 46.0 Å². The molecule has 0 aliphatic heterocycles. The fourth-order valence-electron chi connectivity index (χ4n) is 2.65. The minimum atomic E-state index is -0.952. The second-order valence-corrected chi connectivity index (χ2v) is 7.21. The third-order valence-electron chi connectivity index (χ3n) is 3.62. The maximum atomic E-state index is 12.4. The molecule has 0 aromatic carbocycles. The summed E-state index contributed by atoms with van der Waals surface area (Å²) in [6, 6.07) is 0. The average Bonchev–Trinajstić information content (AvgIpc) is 2.96. The zero-order chi connectivity index (χ0) is 17.0. The Labute approximate surface area is 139 Å². The molecule has 6 nitrogen and oxygen atoms in total. The van der Waals surface area contributed by atoms with E-state index in [4.69, 9.17) is 5.11 Å². The minimum Gasteiger partial charge on any atom is -0.481 e. The van der Waals surface area contributed by atoms with Crippen molar-refractivity contribution in [3.63, 3.8) is 0 Å². The van der Waals surface area contributed by atoms with Crippen LogP contribution in [0.1, 0.15) is 53.9 Å². The molecule has 23 heavy (non-hydrogen) atoms. The Morgan fingerprint density at radius 2 is 2.00 bits per heavy atom. The molecule has 0 radical (unpaired) electrons. The summed E-state index contributed by atoms with van der Waals surface area (Å²) < 4.78 is 0. The lowest BCUT2D eigenvalue weighted by molar-refractivity contribution is -0.136. The van der Waals surface area contributed by atoms with Crippen LogP contribution in [0, 0.1) is 5.92 Å². The Balaban J connectivity index is 2.14. The lowest BCUT2D eigenvalue weighted by Crippen LogP contribution is -2.27. The number of carboxylic acid groups (broad SMARTS) is 1. The van der Waals surface area contributed by atoms with Gasteiger partial charge in [-0.2, -0.15) is 0 Å². The van der Waals surface area contributed by atoms with E-state index in [9.17, 15) is 14.4 Å². The molecule has 1 aliphatic carbocycles. The van der Waals surface area contributed by atoms with Gasteiger partial charge in [-0.05, 0) is 30.7 Å². The van der Waals surface area contributed by atoms with Gasteiger partial charge in [0.25, 0.3) is 5.91 Å². The third-order valence-corrected chi connectivity index (χ3v) is 4.83. The van der Waals surface area contributed by atoms with Crippen molar-refractivity contribution in [3.05, 3.63) is 16.0 Å². The summed E-state index contributed by atoms with van der Waals surface area (Å²) in [5.41, 5.74) is 1.52. The monoisotopic (exact) mass is 338 g/mol. The molecular formula is C16H22N2O4S. The van der Waals surface area contributed by atoms with Crippen molar-refractivity contribution in [3.8, 4) is 0 Å². The number of nitrogens with one attached hydrogen (secondary N) is 2. The van der Waals surface area contributed by atoms with Gasteiger partial charge < -0.3 is 15.7 Å². The van der Waals surface area contributed by atoms with E-state index in [1.54, 1.807) is 0 Å². The molecule has 0 saturated heterocycles. The number of aryl methyl sites for hydroxylation is 1.